The van der Waals surface area contributed by atoms with Crippen LogP contribution < -0.4 is 30.4 Å². The Morgan fingerprint density at radius 2 is 2.03 bits per heavy atom. The minimum Gasteiger partial charge on any atom is -0.492 e. The fourth-order valence-electron chi connectivity index (χ4n) is 3.77. The van der Waals surface area contributed by atoms with Crippen LogP contribution in [-0.2, 0) is 9.53 Å². The van der Waals surface area contributed by atoms with Crippen molar-refractivity contribution in [3.8, 4) is 17.2 Å². The zero-order valence-electron chi connectivity index (χ0n) is 17.0. The normalized spacial score (nSPS) is 24.5. The molecule has 1 aromatic rings. The summed E-state index contributed by atoms with van der Waals surface area (Å²) >= 11 is 0. The Morgan fingerprint density at radius 3 is 2.86 bits per heavy atom. The summed E-state index contributed by atoms with van der Waals surface area (Å²) in [6.07, 6.45) is 0.661. The van der Waals surface area contributed by atoms with E-state index in [1.807, 2.05) is 18.2 Å². The number of hydrazine groups is 1. The second kappa shape index (κ2) is 8.74. The Bertz CT molecular complexity index is 723. The van der Waals surface area contributed by atoms with E-state index in [1.54, 1.807) is 0 Å². The Labute approximate surface area is 171 Å². The highest BCUT2D eigenvalue weighted by Gasteiger charge is 2.33. The van der Waals surface area contributed by atoms with E-state index in [9.17, 15) is 4.79 Å². The number of carbonyl (C=O) groups excluding carboxylic acids is 1. The number of nitrogens with zero attached hydrogens (tertiary/aromatic N) is 1. The lowest BCUT2D eigenvalue weighted by Gasteiger charge is -2.41. The van der Waals surface area contributed by atoms with Gasteiger partial charge in [-0.2, -0.15) is 0 Å². The standard InChI is InChI=1S/C20H30N4O5/c1-20(2,24-5-7-26-8-6-24)12-21-19(25)16-9-14(22-23-16)11-27-15-3-4-17-18(10-15)29-13-28-17/h3-4,10,14,16,22-23H,5-9,11-13H2,1-2H3,(H,21,25). The van der Waals surface area contributed by atoms with Crippen molar-refractivity contribution < 1.29 is 23.7 Å². The lowest BCUT2D eigenvalue weighted by atomic mass is 10.0. The molecule has 160 valence electrons. The monoisotopic (exact) mass is 406 g/mol. The van der Waals surface area contributed by atoms with Crippen molar-refractivity contribution in [1.82, 2.24) is 21.1 Å². The van der Waals surface area contributed by atoms with Crippen LogP contribution in [0.3, 0.4) is 0 Å². The number of morpholine rings is 1. The van der Waals surface area contributed by atoms with Gasteiger partial charge in [-0.1, -0.05) is 0 Å². The molecule has 1 amide bonds. The third kappa shape index (κ3) is 4.92. The van der Waals surface area contributed by atoms with Gasteiger partial charge in [0, 0.05) is 31.2 Å². The third-order valence-corrected chi connectivity index (χ3v) is 5.66. The number of benzene rings is 1. The van der Waals surface area contributed by atoms with Crippen LogP contribution in [0.15, 0.2) is 18.2 Å². The Balaban J connectivity index is 1.20. The molecule has 0 radical (unpaired) electrons. The number of ether oxygens (including phenoxy) is 4. The van der Waals surface area contributed by atoms with Crippen molar-refractivity contribution in [1.29, 1.82) is 0 Å². The highest BCUT2D eigenvalue weighted by atomic mass is 16.7. The highest BCUT2D eigenvalue weighted by Crippen LogP contribution is 2.35. The minimum atomic E-state index is -0.277. The molecule has 0 aliphatic carbocycles. The number of carbonyl (C=O) groups is 1. The number of rotatable bonds is 7. The number of hydrogen-bond donors (Lipinski definition) is 3. The molecule has 9 nitrogen and oxygen atoms in total. The van der Waals surface area contributed by atoms with Gasteiger partial charge >= 0.3 is 0 Å². The molecular weight excluding hydrogens is 376 g/mol. The first-order chi connectivity index (χ1) is 14.0. The fourth-order valence-corrected chi connectivity index (χ4v) is 3.77. The topological polar surface area (TPSA) is 93.3 Å². The van der Waals surface area contributed by atoms with Gasteiger partial charge in [-0.15, -0.1) is 0 Å². The Hall–Kier alpha value is -2.07. The van der Waals surface area contributed by atoms with Gasteiger partial charge in [0.15, 0.2) is 11.5 Å². The fraction of sp³-hybridized carbons (Fsp3) is 0.650. The van der Waals surface area contributed by atoms with Crippen LogP contribution in [0.4, 0.5) is 0 Å². The average molecular weight is 406 g/mol. The number of amides is 1. The number of hydrogen-bond acceptors (Lipinski definition) is 8. The van der Waals surface area contributed by atoms with Crippen LogP contribution in [0.1, 0.15) is 20.3 Å². The van der Waals surface area contributed by atoms with Crippen molar-refractivity contribution in [2.24, 2.45) is 0 Å². The molecule has 2 fully saturated rings. The molecule has 3 N–H and O–H groups in total. The molecule has 9 heteroatoms. The van der Waals surface area contributed by atoms with Gasteiger partial charge in [-0.05, 0) is 32.4 Å². The summed E-state index contributed by atoms with van der Waals surface area (Å²) in [6, 6.07) is 5.28. The molecule has 0 spiro atoms. The van der Waals surface area contributed by atoms with Gasteiger partial charge in [-0.3, -0.25) is 15.1 Å². The first-order valence-corrected chi connectivity index (χ1v) is 10.2. The van der Waals surface area contributed by atoms with E-state index >= 15 is 0 Å². The zero-order valence-corrected chi connectivity index (χ0v) is 17.0. The maximum Gasteiger partial charge on any atom is 0.238 e. The van der Waals surface area contributed by atoms with Gasteiger partial charge < -0.3 is 24.3 Å². The maximum atomic E-state index is 12.6. The van der Waals surface area contributed by atoms with Gasteiger partial charge in [0.25, 0.3) is 0 Å². The Kier molecular flexibility index (Phi) is 6.09. The summed E-state index contributed by atoms with van der Waals surface area (Å²) in [5.74, 6) is 2.15. The van der Waals surface area contributed by atoms with Crippen LogP contribution in [0.25, 0.3) is 0 Å². The molecule has 2 saturated heterocycles. The zero-order chi connectivity index (χ0) is 20.3. The van der Waals surface area contributed by atoms with Crippen molar-refractivity contribution in [2.45, 2.75) is 37.9 Å². The van der Waals surface area contributed by atoms with Crippen LogP contribution in [0, 0.1) is 0 Å². The molecular formula is C20H30N4O5. The van der Waals surface area contributed by atoms with Crippen molar-refractivity contribution in [3.63, 3.8) is 0 Å². The molecule has 2 atom stereocenters. The Morgan fingerprint density at radius 1 is 1.24 bits per heavy atom. The first kappa shape index (κ1) is 20.2. The summed E-state index contributed by atoms with van der Waals surface area (Å²) < 4.78 is 21.9. The van der Waals surface area contributed by atoms with E-state index in [0.717, 1.165) is 37.8 Å². The first-order valence-electron chi connectivity index (χ1n) is 10.2. The number of nitrogens with one attached hydrogen (secondary N) is 3. The quantitative estimate of drug-likeness (QED) is 0.594. The average Bonchev–Trinajstić information content (AvgIpc) is 3.40. The lowest BCUT2D eigenvalue weighted by molar-refractivity contribution is -0.123. The minimum absolute atomic E-state index is 0.00409. The predicted molar refractivity (Wildman–Crippen MR) is 106 cm³/mol. The molecule has 2 unspecified atom stereocenters. The van der Waals surface area contributed by atoms with Crippen LogP contribution in [-0.4, -0.2) is 74.7 Å². The van der Waals surface area contributed by atoms with Crippen molar-refractivity contribution >= 4 is 5.91 Å². The van der Waals surface area contributed by atoms with E-state index in [0.29, 0.717) is 25.3 Å². The third-order valence-electron chi connectivity index (χ3n) is 5.66. The van der Waals surface area contributed by atoms with Gasteiger partial charge in [0.2, 0.25) is 12.7 Å². The van der Waals surface area contributed by atoms with E-state index in [1.165, 1.54) is 0 Å². The van der Waals surface area contributed by atoms with Crippen molar-refractivity contribution in [2.75, 3.05) is 46.2 Å². The second-order valence-electron chi connectivity index (χ2n) is 8.23. The van der Waals surface area contributed by atoms with E-state index in [-0.39, 0.29) is 30.3 Å². The molecule has 0 bridgehead atoms. The van der Waals surface area contributed by atoms with Gasteiger partial charge in [0.05, 0.1) is 19.3 Å². The van der Waals surface area contributed by atoms with Crippen LogP contribution >= 0.6 is 0 Å². The SMILES string of the molecule is CC(C)(CNC(=O)C1CC(COc2ccc3c(c2)OCO3)NN1)N1CCOCC1. The lowest BCUT2D eigenvalue weighted by Crippen LogP contribution is -2.56. The van der Waals surface area contributed by atoms with Gasteiger partial charge in [-0.25, -0.2) is 5.43 Å². The van der Waals surface area contributed by atoms with Gasteiger partial charge in [0.1, 0.15) is 18.4 Å². The second-order valence-corrected chi connectivity index (χ2v) is 8.23. The molecule has 3 aliphatic heterocycles. The summed E-state index contributed by atoms with van der Waals surface area (Å²) in [6.45, 7) is 8.88. The predicted octanol–water partition coefficient (Wildman–Crippen LogP) is 0.256. The number of fused-ring (bicyclic) bond motifs is 1. The largest absolute Gasteiger partial charge is 0.492 e. The summed E-state index contributed by atoms with van der Waals surface area (Å²) in [7, 11) is 0. The molecule has 29 heavy (non-hydrogen) atoms. The smallest absolute Gasteiger partial charge is 0.238 e. The molecule has 0 saturated carbocycles. The highest BCUT2D eigenvalue weighted by molar-refractivity contribution is 5.82. The van der Waals surface area contributed by atoms with Crippen LogP contribution in [0.5, 0.6) is 17.2 Å². The van der Waals surface area contributed by atoms with E-state index < -0.39 is 0 Å². The van der Waals surface area contributed by atoms with Crippen molar-refractivity contribution in [3.05, 3.63) is 18.2 Å². The molecule has 3 aliphatic rings. The maximum absolute atomic E-state index is 12.6. The summed E-state index contributed by atoms with van der Waals surface area (Å²) in [4.78, 5) is 15.0. The van der Waals surface area contributed by atoms with Crippen LogP contribution in [0.2, 0.25) is 0 Å². The molecule has 0 aromatic heterocycles. The molecule has 4 rings (SSSR count). The summed E-state index contributed by atoms with van der Waals surface area (Å²) in [5, 5.41) is 3.09. The van der Waals surface area contributed by atoms with E-state index in [2.05, 4.69) is 34.9 Å². The molecule has 1 aromatic carbocycles. The van der Waals surface area contributed by atoms with E-state index in [4.69, 9.17) is 18.9 Å². The summed E-state index contributed by atoms with van der Waals surface area (Å²) in [5.41, 5.74) is 6.13. The molecule has 3 heterocycles.